The molecule has 0 spiro atoms. The van der Waals surface area contributed by atoms with Gasteiger partial charge in [-0.15, -0.1) is 0 Å². The molecule has 1 aromatic heterocycles. The molecule has 5 aromatic rings. The van der Waals surface area contributed by atoms with Crippen molar-refractivity contribution in [1.29, 1.82) is 0 Å². The highest BCUT2D eigenvalue weighted by molar-refractivity contribution is 6.06. The molecule has 1 heterocycles. The van der Waals surface area contributed by atoms with Gasteiger partial charge in [0, 0.05) is 33.9 Å². The van der Waals surface area contributed by atoms with Crippen LogP contribution in [0.1, 0.15) is 11.1 Å². The number of fused-ring (bicyclic) bond motifs is 3. The molecule has 0 aliphatic carbocycles. The number of anilines is 3. The van der Waals surface area contributed by atoms with Gasteiger partial charge in [-0.1, -0.05) is 42.5 Å². The third-order valence-corrected chi connectivity index (χ3v) is 5.14. The van der Waals surface area contributed by atoms with Crippen LogP contribution in [0.15, 0.2) is 95.4 Å². The van der Waals surface area contributed by atoms with Gasteiger partial charge in [-0.25, -0.2) is 0 Å². The van der Waals surface area contributed by atoms with Crippen molar-refractivity contribution in [3.05, 3.63) is 102 Å². The van der Waals surface area contributed by atoms with Gasteiger partial charge in [0.1, 0.15) is 11.2 Å². The average Bonchev–Trinajstić information content (AvgIpc) is 3.06. The Morgan fingerprint density at radius 1 is 0.536 bits per heavy atom. The molecule has 0 bridgehead atoms. The van der Waals surface area contributed by atoms with Gasteiger partial charge in [0.15, 0.2) is 0 Å². The Kier molecular flexibility index (Phi) is 3.91. The first-order valence-corrected chi connectivity index (χ1v) is 9.54. The van der Waals surface area contributed by atoms with E-state index < -0.39 is 0 Å². The molecule has 0 radical (unpaired) electrons. The Hall–Kier alpha value is -3.52. The lowest BCUT2D eigenvalue weighted by Gasteiger charge is -2.26. The van der Waals surface area contributed by atoms with E-state index in [-0.39, 0.29) is 0 Å². The molecule has 0 atom stereocenters. The summed E-state index contributed by atoms with van der Waals surface area (Å²) in [5.41, 5.74) is 7.67. The predicted molar refractivity (Wildman–Crippen MR) is 118 cm³/mol. The SMILES string of the molecule is Cc1cccc(N(c2cccc(C)c2)c2ccc3c(c2)oc2ccccc23)c1. The fourth-order valence-electron chi connectivity index (χ4n) is 3.83. The normalized spacial score (nSPS) is 11.2. The third-order valence-electron chi connectivity index (χ3n) is 5.14. The Balaban J connectivity index is 1.73. The summed E-state index contributed by atoms with van der Waals surface area (Å²) >= 11 is 0. The molecule has 0 fully saturated rings. The Bertz CT molecular complexity index is 1250. The summed E-state index contributed by atoms with van der Waals surface area (Å²) in [5, 5.41) is 2.30. The van der Waals surface area contributed by atoms with Crippen molar-refractivity contribution in [2.24, 2.45) is 0 Å². The summed E-state index contributed by atoms with van der Waals surface area (Å²) in [5.74, 6) is 0. The second-order valence-corrected chi connectivity index (χ2v) is 7.29. The first-order valence-electron chi connectivity index (χ1n) is 9.54. The number of benzene rings is 4. The second-order valence-electron chi connectivity index (χ2n) is 7.29. The van der Waals surface area contributed by atoms with Crippen LogP contribution in [-0.4, -0.2) is 0 Å². The predicted octanol–water partition coefficient (Wildman–Crippen LogP) is 7.67. The smallest absolute Gasteiger partial charge is 0.137 e. The number of furan rings is 1. The maximum absolute atomic E-state index is 6.14. The minimum atomic E-state index is 0.906. The van der Waals surface area contributed by atoms with Crippen molar-refractivity contribution in [2.45, 2.75) is 13.8 Å². The van der Waals surface area contributed by atoms with E-state index in [1.807, 2.05) is 12.1 Å². The molecule has 2 heteroatoms. The highest BCUT2D eigenvalue weighted by Crippen LogP contribution is 2.38. The summed E-state index contributed by atoms with van der Waals surface area (Å²) in [6, 6.07) is 31.9. The molecular formula is C26H21NO. The minimum absolute atomic E-state index is 0.906. The van der Waals surface area contributed by atoms with E-state index in [2.05, 4.69) is 97.6 Å². The number of para-hydroxylation sites is 1. The van der Waals surface area contributed by atoms with Crippen LogP contribution in [0.25, 0.3) is 21.9 Å². The number of nitrogens with zero attached hydrogens (tertiary/aromatic N) is 1. The van der Waals surface area contributed by atoms with E-state index in [0.29, 0.717) is 0 Å². The van der Waals surface area contributed by atoms with Gasteiger partial charge in [0.2, 0.25) is 0 Å². The maximum Gasteiger partial charge on any atom is 0.137 e. The van der Waals surface area contributed by atoms with Crippen LogP contribution in [0.5, 0.6) is 0 Å². The summed E-state index contributed by atoms with van der Waals surface area (Å²) in [4.78, 5) is 2.28. The van der Waals surface area contributed by atoms with Crippen LogP contribution in [-0.2, 0) is 0 Å². The molecule has 0 saturated heterocycles. The van der Waals surface area contributed by atoms with E-state index in [9.17, 15) is 0 Å². The highest BCUT2D eigenvalue weighted by Gasteiger charge is 2.15. The second kappa shape index (κ2) is 6.58. The molecule has 0 aliphatic rings. The standard InChI is InChI=1S/C26H21NO/c1-18-7-5-9-20(15-18)27(21-10-6-8-19(2)16-21)22-13-14-24-23-11-3-4-12-25(23)28-26(24)17-22/h3-17H,1-2H3. The topological polar surface area (TPSA) is 16.4 Å². The van der Waals surface area contributed by atoms with Crippen LogP contribution >= 0.6 is 0 Å². The highest BCUT2D eigenvalue weighted by atomic mass is 16.3. The zero-order valence-electron chi connectivity index (χ0n) is 16.0. The van der Waals surface area contributed by atoms with Gasteiger partial charge in [-0.3, -0.25) is 0 Å². The molecule has 0 aliphatic heterocycles. The number of hydrogen-bond donors (Lipinski definition) is 0. The quantitative estimate of drug-likeness (QED) is 0.327. The molecule has 0 unspecified atom stereocenters. The van der Waals surface area contributed by atoms with Crippen molar-refractivity contribution in [3.63, 3.8) is 0 Å². The van der Waals surface area contributed by atoms with Gasteiger partial charge < -0.3 is 9.32 Å². The van der Waals surface area contributed by atoms with Crippen molar-refractivity contribution in [2.75, 3.05) is 4.90 Å². The fraction of sp³-hybridized carbons (Fsp3) is 0.0769. The van der Waals surface area contributed by atoms with Crippen molar-refractivity contribution < 1.29 is 4.42 Å². The van der Waals surface area contributed by atoms with Gasteiger partial charge in [0.25, 0.3) is 0 Å². The summed E-state index contributed by atoms with van der Waals surface area (Å²) in [6.45, 7) is 4.25. The van der Waals surface area contributed by atoms with Crippen molar-refractivity contribution in [1.82, 2.24) is 0 Å². The van der Waals surface area contributed by atoms with Crippen molar-refractivity contribution in [3.8, 4) is 0 Å². The third kappa shape index (κ3) is 2.84. The Morgan fingerprint density at radius 2 is 1.14 bits per heavy atom. The first-order chi connectivity index (χ1) is 13.7. The molecule has 0 saturated carbocycles. The molecule has 5 rings (SSSR count). The van der Waals surface area contributed by atoms with Crippen LogP contribution in [0.3, 0.4) is 0 Å². The Labute approximate surface area is 164 Å². The van der Waals surface area contributed by atoms with E-state index in [1.165, 1.54) is 11.1 Å². The minimum Gasteiger partial charge on any atom is -0.456 e. The van der Waals surface area contributed by atoms with Crippen LogP contribution in [0.2, 0.25) is 0 Å². The first kappa shape index (κ1) is 16.6. The average molecular weight is 363 g/mol. The summed E-state index contributed by atoms with van der Waals surface area (Å²) < 4.78 is 6.14. The number of rotatable bonds is 3. The van der Waals surface area contributed by atoms with Gasteiger partial charge in [-0.05, 0) is 67.4 Å². The van der Waals surface area contributed by atoms with E-state index >= 15 is 0 Å². The van der Waals surface area contributed by atoms with E-state index in [4.69, 9.17) is 4.42 Å². The van der Waals surface area contributed by atoms with Gasteiger partial charge in [0.05, 0.1) is 0 Å². The lowest BCUT2D eigenvalue weighted by molar-refractivity contribution is 0.669. The van der Waals surface area contributed by atoms with Crippen molar-refractivity contribution >= 4 is 39.0 Å². The molecule has 0 N–H and O–H groups in total. The zero-order valence-corrected chi connectivity index (χ0v) is 16.0. The molecule has 2 nitrogen and oxygen atoms in total. The largest absolute Gasteiger partial charge is 0.456 e. The lowest BCUT2D eigenvalue weighted by Crippen LogP contribution is -2.10. The monoisotopic (exact) mass is 363 g/mol. The molecule has 0 amide bonds. The molecule has 28 heavy (non-hydrogen) atoms. The fourth-order valence-corrected chi connectivity index (χ4v) is 3.83. The van der Waals surface area contributed by atoms with Crippen LogP contribution in [0, 0.1) is 13.8 Å². The van der Waals surface area contributed by atoms with Crippen LogP contribution in [0.4, 0.5) is 17.1 Å². The summed E-state index contributed by atoms with van der Waals surface area (Å²) in [6.07, 6.45) is 0. The number of aryl methyl sites for hydroxylation is 2. The zero-order chi connectivity index (χ0) is 19.1. The molecule has 136 valence electrons. The maximum atomic E-state index is 6.14. The Morgan fingerprint density at radius 3 is 1.82 bits per heavy atom. The molecule has 4 aromatic carbocycles. The lowest BCUT2D eigenvalue weighted by atomic mass is 10.1. The molecular weight excluding hydrogens is 342 g/mol. The van der Waals surface area contributed by atoms with Gasteiger partial charge in [-0.2, -0.15) is 0 Å². The summed E-state index contributed by atoms with van der Waals surface area (Å²) in [7, 11) is 0. The van der Waals surface area contributed by atoms with Gasteiger partial charge >= 0.3 is 0 Å². The van der Waals surface area contributed by atoms with Crippen LogP contribution < -0.4 is 4.90 Å². The van der Waals surface area contributed by atoms with E-state index in [0.717, 1.165) is 39.0 Å². The van der Waals surface area contributed by atoms with E-state index in [1.54, 1.807) is 0 Å². The number of hydrogen-bond acceptors (Lipinski definition) is 2.